The third-order valence-electron chi connectivity index (χ3n) is 1.74. The minimum atomic E-state index is 0.817. The molecule has 0 aliphatic carbocycles. The number of aromatic nitrogens is 1. The molecule has 0 saturated carbocycles. The van der Waals surface area contributed by atoms with Gasteiger partial charge in [0.25, 0.3) is 0 Å². The number of nitrogens with one attached hydrogen (secondary N) is 1. The molecule has 1 aromatic rings. The Hall–Kier alpha value is -1.75. The van der Waals surface area contributed by atoms with Gasteiger partial charge in [0.2, 0.25) is 0 Å². The highest BCUT2D eigenvalue weighted by atomic mass is 14.8. The van der Waals surface area contributed by atoms with Gasteiger partial charge in [0.1, 0.15) is 0 Å². The zero-order chi connectivity index (χ0) is 9.68. The van der Waals surface area contributed by atoms with E-state index in [4.69, 9.17) is 6.42 Å². The molecule has 0 fully saturated rings. The van der Waals surface area contributed by atoms with Crippen molar-refractivity contribution in [1.82, 2.24) is 10.3 Å². The quantitative estimate of drug-likeness (QED) is 0.686. The van der Waals surface area contributed by atoms with Gasteiger partial charge in [-0.3, -0.25) is 4.98 Å². The van der Waals surface area contributed by atoms with Crippen molar-refractivity contribution in [2.24, 2.45) is 0 Å². The summed E-state index contributed by atoms with van der Waals surface area (Å²) in [6, 6.07) is 3.71. The van der Waals surface area contributed by atoms with Gasteiger partial charge in [-0.1, -0.05) is 5.92 Å². The Morgan fingerprint density at radius 2 is 2.46 bits per heavy atom. The number of nitrogens with zero attached hydrogens (tertiary/aromatic N) is 1. The van der Waals surface area contributed by atoms with E-state index in [2.05, 4.69) is 16.2 Å². The summed E-state index contributed by atoms with van der Waals surface area (Å²) in [6.45, 7) is 1.97. The van der Waals surface area contributed by atoms with E-state index in [1.807, 2.05) is 32.2 Å². The van der Waals surface area contributed by atoms with Gasteiger partial charge in [0, 0.05) is 18.9 Å². The predicted molar refractivity (Wildman–Crippen MR) is 54.9 cm³/mol. The van der Waals surface area contributed by atoms with Crippen LogP contribution in [0.1, 0.15) is 18.2 Å². The van der Waals surface area contributed by atoms with Crippen molar-refractivity contribution in [2.75, 3.05) is 7.05 Å². The van der Waals surface area contributed by atoms with Gasteiger partial charge >= 0.3 is 0 Å². The monoisotopic (exact) mass is 172 g/mol. The minimum Gasteiger partial charge on any atom is -0.392 e. The largest absolute Gasteiger partial charge is 0.392 e. The molecule has 13 heavy (non-hydrogen) atoms. The van der Waals surface area contributed by atoms with Gasteiger partial charge in [-0.05, 0) is 25.1 Å². The third kappa shape index (κ3) is 2.34. The van der Waals surface area contributed by atoms with Crippen molar-refractivity contribution in [3.63, 3.8) is 0 Å². The van der Waals surface area contributed by atoms with Crippen LogP contribution in [0.15, 0.2) is 24.0 Å². The Morgan fingerprint density at radius 3 is 3.08 bits per heavy atom. The Bertz CT molecular complexity index is 359. The van der Waals surface area contributed by atoms with E-state index >= 15 is 0 Å². The molecule has 0 amide bonds. The van der Waals surface area contributed by atoms with Crippen LogP contribution in [0.2, 0.25) is 0 Å². The molecule has 1 heterocycles. The van der Waals surface area contributed by atoms with Crippen molar-refractivity contribution in [2.45, 2.75) is 6.92 Å². The van der Waals surface area contributed by atoms with Crippen LogP contribution >= 0.6 is 0 Å². The van der Waals surface area contributed by atoms with E-state index in [0.717, 1.165) is 17.0 Å². The number of terminal acetylenes is 1. The number of hydrogen-bond donors (Lipinski definition) is 1. The lowest BCUT2D eigenvalue weighted by Gasteiger charge is -2.00. The van der Waals surface area contributed by atoms with Crippen molar-refractivity contribution >= 4 is 6.08 Å². The van der Waals surface area contributed by atoms with Gasteiger partial charge in [0.05, 0.1) is 11.3 Å². The van der Waals surface area contributed by atoms with Crippen LogP contribution in [0.3, 0.4) is 0 Å². The van der Waals surface area contributed by atoms with Crippen molar-refractivity contribution < 1.29 is 0 Å². The van der Waals surface area contributed by atoms with E-state index in [-0.39, 0.29) is 0 Å². The van der Waals surface area contributed by atoms with Crippen LogP contribution in [0, 0.1) is 12.3 Å². The molecule has 66 valence electrons. The number of allylic oxidation sites excluding steroid dienone is 1. The first kappa shape index (κ1) is 9.34. The fourth-order valence-corrected chi connectivity index (χ4v) is 0.932. The molecule has 1 rings (SSSR count). The van der Waals surface area contributed by atoms with E-state index in [0.29, 0.717) is 0 Å². The first-order chi connectivity index (χ1) is 6.27. The Balaban J connectivity index is 3.09. The van der Waals surface area contributed by atoms with E-state index in [9.17, 15) is 0 Å². The molecular weight excluding hydrogens is 160 g/mol. The fraction of sp³-hybridized carbons (Fsp3) is 0.182. The van der Waals surface area contributed by atoms with E-state index < -0.39 is 0 Å². The molecule has 0 aliphatic rings. The van der Waals surface area contributed by atoms with Crippen LogP contribution in [0.4, 0.5) is 0 Å². The second-order valence-electron chi connectivity index (χ2n) is 2.66. The van der Waals surface area contributed by atoms with Crippen molar-refractivity contribution in [1.29, 1.82) is 0 Å². The lowest BCUT2D eigenvalue weighted by molar-refractivity contribution is 0.999. The standard InChI is InChI=1S/C11H12N2/c1-4-10-6-5-7-13-11(10)8-9(2)12-3/h1,5-8,12H,2-3H3/b9-8+. The SMILES string of the molecule is C#Cc1cccnc1/C=C(\C)NC. The summed E-state index contributed by atoms with van der Waals surface area (Å²) >= 11 is 0. The molecule has 0 saturated heterocycles. The maximum Gasteiger partial charge on any atom is 0.0803 e. The predicted octanol–water partition coefficient (Wildman–Crippen LogP) is 1.64. The molecule has 2 heteroatoms. The molecule has 2 nitrogen and oxygen atoms in total. The van der Waals surface area contributed by atoms with Crippen LogP contribution in [-0.4, -0.2) is 12.0 Å². The zero-order valence-corrected chi connectivity index (χ0v) is 7.83. The molecule has 1 N–H and O–H groups in total. The minimum absolute atomic E-state index is 0.817. The van der Waals surface area contributed by atoms with Gasteiger partial charge < -0.3 is 5.32 Å². The molecule has 0 bridgehead atoms. The molecule has 0 spiro atoms. The summed E-state index contributed by atoms with van der Waals surface area (Å²) in [4.78, 5) is 4.18. The molecule has 0 atom stereocenters. The summed E-state index contributed by atoms with van der Waals surface area (Å²) < 4.78 is 0. The molecular formula is C11H12N2. The topological polar surface area (TPSA) is 24.9 Å². The summed E-state index contributed by atoms with van der Waals surface area (Å²) in [6.07, 6.45) is 8.99. The average molecular weight is 172 g/mol. The van der Waals surface area contributed by atoms with Crippen LogP contribution < -0.4 is 5.32 Å². The maximum absolute atomic E-state index is 5.33. The van der Waals surface area contributed by atoms with Crippen LogP contribution in [-0.2, 0) is 0 Å². The Labute approximate surface area is 78.7 Å². The summed E-state index contributed by atoms with van der Waals surface area (Å²) in [5, 5.41) is 3.02. The van der Waals surface area contributed by atoms with Crippen LogP contribution in [0.25, 0.3) is 6.08 Å². The molecule has 0 aromatic carbocycles. The van der Waals surface area contributed by atoms with Crippen molar-refractivity contribution in [3.05, 3.63) is 35.3 Å². The molecule has 0 radical (unpaired) electrons. The summed E-state index contributed by atoms with van der Waals surface area (Å²) in [5.74, 6) is 2.59. The average Bonchev–Trinajstić information content (AvgIpc) is 2.18. The van der Waals surface area contributed by atoms with Crippen LogP contribution in [0.5, 0.6) is 0 Å². The van der Waals surface area contributed by atoms with Gasteiger partial charge in [0.15, 0.2) is 0 Å². The van der Waals surface area contributed by atoms with E-state index in [1.54, 1.807) is 6.20 Å². The first-order valence-electron chi connectivity index (χ1n) is 4.05. The smallest absolute Gasteiger partial charge is 0.0803 e. The highest BCUT2D eigenvalue weighted by Crippen LogP contribution is 2.07. The Morgan fingerprint density at radius 1 is 1.69 bits per heavy atom. The lowest BCUT2D eigenvalue weighted by Crippen LogP contribution is -2.01. The first-order valence-corrected chi connectivity index (χ1v) is 4.05. The van der Waals surface area contributed by atoms with E-state index in [1.165, 1.54) is 0 Å². The lowest BCUT2D eigenvalue weighted by atomic mass is 10.2. The summed E-state index contributed by atoms with van der Waals surface area (Å²) in [5.41, 5.74) is 2.68. The highest BCUT2D eigenvalue weighted by Gasteiger charge is 1.96. The number of pyridine rings is 1. The van der Waals surface area contributed by atoms with Gasteiger partial charge in [-0.2, -0.15) is 0 Å². The second-order valence-corrected chi connectivity index (χ2v) is 2.66. The van der Waals surface area contributed by atoms with Crippen molar-refractivity contribution in [3.8, 4) is 12.3 Å². The molecule has 0 unspecified atom stereocenters. The fourth-order valence-electron chi connectivity index (χ4n) is 0.932. The third-order valence-corrected chi connectivity index (χ3v) is 1.74. The normalized spacial score (nSPS) is 10.7. The number of hydrogen-bond acceptors (Lipinski definition) is 2. The summed E-state index contributed by atoms with van der Waals surface area (Å²) in [7, 11) is 1.87. The molecule has 0 aliphatic heterocycles. The number of rotatable bonds is 2. The van der Waals surface area contributed by atoms with Gasteiger partial charge in [-0.15, -0.1) is 6.42 Å². The Kier molecular flexibility index (Phi) is 3.10. The molecule has 1 aromatic heterocycles. The second kappa shape index (κ2) is 4.32. The van der Waals surface area contributed by atoms with Gasteiger partial charge in [-0.25, -0.2) is 0 Å². The highest BCUT2D eigenvalue weighted by molar-refractivity contribution is 5.56. The zero-order valence-electron chi connectivity index (χ0n) is 7.83. The maximum atomic E-state index is 5.33.